The minimum Gasteiger partial charge on any atom is -0.463 e. The Hall–Kier alpha value is -2.50. The van der Waals surface area contributed by atoms with Crippen LogP contribution in [-0.4, -0.2) is 28.7 Å². The first kappa shape index (κ1) is 19.3. The fourth-order valence-corrected chi connectivity index (χ4v) is 3.75. The van der Waals surface area contributed by atoms with Gasteiger partial charge in [-0.1, -0.05) is 27.9 Å². The Morgan fingerprint density at radius 1 is 1.52 bits per heavy atom. The van der Waals surface area contributed by atoms with Gasteiger partial charge < -0.3 is 10.1 Å². The molecule has 3 rings (SSSR count). The number of esters is 1. The number of benzene rings is 1. The number of thiazole rings is 1. The lowest BCUT2D eigenvalue weighted by Crippen LogP contribution is -2.34. The lowest BCUT2D eigenvalue weighted by molar-refractivity contribution is -0.138. The number of hydrogen-bond acceptors (Lipinski definition) is 6. The van der Waals surface area contributed by atoms with Gasteiger partial charge in [0.15, 0.2) is 10.8 Å². The van der Waals surface area contributed by atoms with E-state index >= 15 is 0 Å². The number of carbonyl (C=O) groups is 1. The van der Waals surface area contributed by atoms with E-state index in [9.17, 15) is 9.18 Å². The molecule has 0 fully saturated rings. The molecule has 0 bridgehead atoms. The summed E-state index contributed by atoms with van der Waals surface area (Å²) in [5.41, 5.74) is 1.82. The van der Waals surface area contributed by atoms with Crippen LogP contribution in [0.15, 0.2) is 46.0 Å². The van der Waals surface area contributed by atoms with Crippen LogP contribution >= 0.6 is 27.3 Å². The maximum Gasteiger partial charge on any atom is 0.338 e. The zero-order chi connectivity index (χ0) is 19.4. The second-order valence-corrected chi connectivity index (χ2v) is 6.92. The largest absolute Gasteiger partial charge is 0.463 e. The van der Waals surface area contributed by atoms with Gasteiger partial charge in [-0.25, -0.2) is 14.2 Å². The van der Waals surface area contributed by atoms with Crippen molar-refractivity contribution in [3.8, 4) is 12.3 Å². The van der Waals surface area contributed by atoms with Gasteiger partial charge in [0.05, 0.1) is 12.2 Å². The Kier molecular flexibility index (Phi) is 6.04. The fourth-order valence-electron chi connectivity index (χ4n) is 2.72. The van der Waals surface area contributed by atoms with Crippen LogP contribution in [-0.2, 0) is 9.53 Å². The number of allylic oxidation sites excluding steroid dienone is 1. The van der Waals surface area contributed by atoms with Crippen molar-refractivity contribution in [3.63, 3.8) is 0 Å². The summed E-state index contributed by atoms with van der Waals surface area (Å²) in [5, 5.41) is 6.02. The van der Waals surface area contributed by atoms with E-state index in [2.05, 4.69) is 37.1 Å². The molecular formula is C19H15BrFN3O2S. The quantitative estimate of drug-likeness (QED) is 0.432. The highest BCUT2D eigenvalue weighted by molar-refractivity contribution is 9.09. The van der Waals surface area contributed by atoms with Crippen molar-refractivity contribution in [2.24, 2.45) is 4.99 Å². The summed E-state index contributed by atoms with van der Waals surface area (Å²) >= 11 is 4.82. The molecule has 1 N–H and O–H groups in total. The number of amidine groups is 1. The predicted molar refractivity (Wildman–Crippen MR) is 106 cm³/mol. The van der Waals surface area contributed by atoms with Gasteiger partial charge in [0, 0.05) is 28.2 Å². The summed E-state index contributed by atoms with van der Waals surface area (Å²) in [6.45, 7) is 1.95. The number of nitrogens with one attached hydrogen (secondary N) is 1. The van der Waals surface area contributed by atoms with E-state index < -0.39 is 17.8 Å². The van der Waals surface area contributed by atoms with Gasteiger partial charge in [-0.2, -0.15) is 0 Å². The lowest BCUT2D eigenvalue weighted by atomic mass is 9.92. The molecule has 0 spiro atoms. The van der Waals surface area contributed by atoms with Gasteiger partial charge in [-0.3, -0.25) is 4.99 Å². The molecule has 0 unspecified atom stereocenters. The molecule has 2 heterocycles. The Labute approximate surface area is 168 Å². The summed E-state index contributed by atoms with van der Waals surface area (Å²) in [7, 11) is 0. The highest BCUT2D eigenvalue weighted by atomic mass is 79.9. The molecule has 5 nitrogen and oxygen atoms in total. The number of halogens is 2. The summed E-state index contributed by atoms with van der Waals surface area (Å²) in [5.74, 6) is 2.04. The van der Waals surface area contributed by atoms with Crippen LogP contribution in [0.1, 0.15) is 29.1 Å². The highest BCUT2D eigenvalue weighted by Gasteiger charge is 2.33. The highest BCUT2D eigenvalue weighted by Crippen LogP contribution is 2.35. The van der Waals surface area contributed by atoms with Crippen LogP contribution in [0, 0.1) is 18.2 Å². The van der Waals surface area contributed by atoms with Crippen LogP contribution in [0.25, 0.3) is 0 Å². The van der Waals surface area contributed by atoms with Crippen molar-refractivity contribution >= 4 is 39.1 Å². The normalized spacial score (nSPS) is 16.4. The Balaban J connectivity index is 2.19. The van der Waals surface area contributed by atoms with Gasteiger partial charge in [-0.15, -0.1) is 17.8 Å². The van der Waals surface area contributed by atoms with Crippen molar-refractivity contribution in [3.05, 3.63) is 63.0 Å². The van der Waals surface area contributed by atoms with Crippen LogP contribution in [0.4, 0.5) is 4.39 Å². The van der Waals surface area contributed by atoms with Crippen LogP contribution in [0.3, 0.4) is 0 Å². The topological polar surface area (TPSA) is 63.6 Å². The van der Waals surface area contributed by atoms with Crippen molar-refractivity contribution in [1.29, 1.82) is 0 Å². The van der Waals surface area contributed by atoms with Gasteiger partial charge >= 0.3 is 5.97 Å². The van der Waals surface area contributed by atoms with Crippen molar-refractivity contribution in [2.45, 2.75) is 13.0 Å². The Morgan fingerprint density at radius 3 is 2.96 bits per heavy atom. The summed E-state index contributed by atoms with van der Waals surface area (Å²) < 4.78 is 18.9. The monoisotopic (exact) mass is 447 g/mol. The summed E-state index contributed by atoms with van der Waals surface area (Å²) in [6.07, 6.45) is 7.24. The first-order chi connectivity index (χ1) is 13.1. The van der Waals surface area contributed by atoms with E-state index in [1.165, 1.54) is 23.5 Å². The standard InChI is InChI=1S/C19H15BrFN3O2S/c1-3-11-9-12(21)5-6-13(11)16-15(19(25)26-4-2)14(10-20)23-17(24-16)18-22-7-8-27-18/h1,5-9,16H,4,10H2,2H3,(H,23,24)/t16-/m0/s1. The number of hydrogen-bond donors (Lipinski definition) is 1. The molecule has 1 atom stereocenters. The lowest BCUT2D eigenvalue weighted by Gasteiger charge is -2.27. The molecule has 1 aromatic heterocycles. The first-order valence-corrected chi connectivity index (χ1v) is 10.1. The first-order valence-electron chi connectivity index (χ1n) is 8.05. The van der Waals surface area contributed by atoms with Gasteiger partial charge in [0.2, 0.25) is 0 Å². The minimum absolute atomic E-state index is 0.221. The third-order valence-corrected chi connectivity index (χ3v) is 5.20. The molecule has 0 radical (unpaired) electrons. The van der Waals surface area contributed by atoms with E-state index in [1.807, 2.05) is 5.38 Å². The smallest absolute Gasteiger partial charge is 0.338 e. The van der Waals surface area contributed by atoms with Crippen molar-refractivity contribution in [2.75, 3.05) is 11.9 Å². The maximum atomic E-state index is 13.7. The van der Waals surface area contributed by atoms with E-state index in [0.717, 1.165) is 0 Å². The number of aliphatic imine (C=N–C) groups is 1. The number of aromatic nitrogens is 1. The van der Waals surface area contributed by atoms with Crippen LogP contribution in [0.5, 0.6) is 0 Å². The summed E-state index contributed by atoms with van der Waals surface area (Å²) in [6, 6.07) is 3.37. The third-order valence-electron chi connectivity index (χ3n) is 3.86. The minimum atomic E-state index is -0.733. The number of ether oxygens (including phenoxy) is 1. The molecule has 8 heteroatoms. The second-order valence-electron chi connectivity index (χ2n) is 5.46. The molecule has 2 aromatic rings. The third kappa shape index (κ3) is 3.94. The molecule has 0 saturated carbocycles. The maximum absolute atomic E-state index is 13.7. The zero-order valence-electron chi connectivity index (χ0n) is 14.3. The molecule has 1 aromatic carbocycles. The number of alkyl halides is 1. The predicted octanol–water partition coefficient (Wildman–Crippen LogP) is 3.57. The molecule has 27 heavy (non-hydrogen) atoms. The number of carbonyl (C=O) groups excluding carboxylic acids is 1. The number of rotatable bonds is 5. The fraction of sp³-hybridized carbons (Fsp3) is 0.211. The van der Waals surface area contributed by atoms with Crippen LogP contribution in [0.2, 0.25) is 0 Å². The zero-order valence-corrected chi connectivity index (χ0v) is 16.7. The molecule has 0 saturated heterocycles. The van der Waals surface area contributed by atoms with E-state index in [4.69, 9.17) is 11.2 Å². The van der Waals surface area contributed by atoms with E-state index in [0.29, 0.717) is 38.6 Å². The second kappa shape index (κ2) is 8.46. The van der Waals surface area contributed by atoms with E-state index in [-0.39, 0.29) is 6.61 Å². The summed E-state index contributed by atoms with van der Waals surface area (Å²) in [4.78, 5) is 21.6. The molecule has 1 aliphatic rings. The van der Waals surface area contributed by atoms with Gasteiger partial charge in [-0.05, 0) is 24.6 Å². The SMILES string of the molecule is C#Cc1cc(F)ccc1[C@@H]1N=C(c2nccs2)NC(CBr)=C1C(=O)OCC. The van der Waals surface area contributed by atoms with Crippen molar-refractivity contribution < 1.29 is 13.9 Å². The molecule has 0 aliphatic carbocycles. The van der Waals surface area contributed by atoms with E-state index in [1.54, 1.807) is 19.2 Å². The molecule has 1 aliphatic heterocycles. The molecule has 0 amide bonds. The van der Waals surface area contributed by atoms with Crippen LogP contribution < -0.4 is 5.32 Å². The molecular weight excluding hydrogens is 433 g/mol. The number of nitrogens with zero attached hydrogens (tertiary/aromatic N) is 2. The van der Waals surface area contributed by atoms with Gasteiger partial charge in [0.1, 0.15) is 11.9 Å². The molecule has 138 valence electrons. The Morgan fingerprint density at radius 2 is 2.33 bits per heavy atom. The average molecular weight is 448 g/mol. The van der Waals surface area contributed by atoms with Gasteiger partial charge in [0.25, 0.3) is 0 Å². The average Bonchev–Trinajstić information content (AvgIpc) is 3.21. The van der Waals surface area contributed by atoms with Crippen molar-refractivity contribution in [1.82, 2.24) is 10.3 Å². The number of terminal acetylenes is 1. The Bertz CT molecular complexity index is 964.